The highest BCUT2D eigenvalue weighted by atomic mass is 35.5. The summed E-state index contributed by atoms with van der Waals surface area (Å²) in [5, 5.41) is 19.1. The summed E-state index contributed by atoms with van der Waals surface area (Å²) in [6.07, 6.45) is 1.26. The zero-order valence-electron chi connectivity index (χ0n) is 25.3. The minimum absolute atomic E-state index is 0.0467. The van der Waals surface area contributed by atoms with Crippen LogP contribution in [0.2, 0.25) is 5.02 Å². The standard InChI is InChI=1S/C32H32ClFN6O6/c1-39-14-20(31(43)40(2)32(39)44)29(42)37-21-9-5-7-18(28(21)34)17-6-4-8-19(27(17)33)22-12-24-26(30(38-22)45-3)23(15-46-24)35-13-16-10-11-25(41)36-16/h4-9,12,14,16,23,32,35,44H,10-11,13,15H2,1-3H3,(H,36,41)(H,37,42)/t16-,23-,32?/m0/s1. The smallest absolute Gasteiger partial charge is 0.264 e. The number of hydrogen-bond acceptors (Lipinski definition) is 9. The number of methoxy groups -OCH3 is 1. The van der Waals surface area contributed by atoms with Crippen LogP contribution >= 0.6 is 11.6 Å². The summed E-state index contributed by atoms with van der Waals surface area (Å²) in [5.41, 5.74) is 1.77. The first-order chi connectivity index (χ1) is 22.1. The van der Waals surface area contributed by atoms with Crippen molar-refractivity contribution in [1.82, 2.24) is 25.4 Å². The van der Waals surface area contributed by atoms with Gasteiger partial charge in [-0.3, -0.25) is 19.3 Å². The molecule has 3 amide bonds. The highest BCUT2D eigenvalue weighted by Crippen LogP contribution is 2.44. The number of amides is 3. The Kier molecular flexibility index (Phi) is 8.55. The molecule has 4 heterocycles. The molecule has 0 bridgehead atoms. The molecule has 0 aliphatic carbocycles. The van der Waals surface area contributed by atoms with E-state index in [2.05, 4.69) is 16.0 Å². The molecule has 46 heavy (non-hydrogen) atoms. The molecule has 0 saturated carbocycles. The van der Waals surface area contributed by atoms with Gasteiger partial charge in [0.05, 0.1) is 35.1 Å². The van der Waals surface area contributed by atoms with Crippen LogP contribution in [0.1, 0.15) is 24.4 Å². The fraction of sp³-hybridized carbons (Fsp3) is 0.312. The number of hydrogen-bond donors (Lipinski definition) is 4. The van der Waals surface area contributed by atoms with Crippen molar-refractivity contribution in [1.29, 1.82) is 0 Å². The van der Waals surface area contributed by atoms with E-state index in [0.29, 0.717) is 48.0 Å². The maximum absolute atomic E-state index is 15.9. The van der Waals surface area contributed by atoms with Gasteiger partial charge in [-0.2, -0.15) is 0 Å². The van der Waals surface area contributed by atoms with Crippen LogP contribution in [0, 0.1) is 5.82 Å². The number of nitrogens with zero attached hydrogens (tertiary/aromatic N) is 3. The van der Waals surface area contributed by atoms with E-state index in [4.69, 9.17) is 26.1 Å². The fourth-order valence-corrected chi connectivity index (χ4v) is 6.11. The second kappa shape index (κ2) is 12.6. The van der Waals surface area contributed by atoms with Crippen LogP contribution in [-0.2, 0) is 14.4 Å². The molecule has 14 heteroatoms. The van der Waals surface area contributed by atoms with Crippen molar-refractivity contribution in [2.75, 3.05) is 39.7 Å². The minimum Gasteiger partial charge on any atom is -0.491 e. The third-order valence-electron chi connectivity index (χ3n) is 8.28. The monoisotopic (exact) mass is 650 g/mol. The summed E-state index contributed by atoms with van der Waals surface area (Å²) < 4.78 is 27.6. The van der Waals surface area contributed by atoms with Gasteiger partial charge in [0, 0.05) is 62.1 Å². The molecule has 240 valence electrons. The molecule has 3 atom stereocenters. The molecule has 3 aliphatic rings. The summed E-state index contributed by atoms with van der Waals surface area (Å²) in [5.74, 6) is -1.32. The lowest BCUT2D eigenvalue weighted by molar-refractivity contribution is -0.149. The van der Waals surface area contributed by atoms with Gasteiger partial charge in [-0.25, -0.2) is 9.37 Å². The van der Waals surface area contributed by atoms with Gasteiger partial charge < -0.3 is 35.4 Å². The number of carbonyl (C=O) groups is 3. The molecule has 12 nitrogen and oxygen atoms in total. The van der Waals surface area contributed by atoms with Crippen LogP contribution in [-0.4, -0.2) is 84.4 Å². The molecule has 0 radical (unpaired) electrons. The van der Waals surface area contributed by atoms with Crippen LogP contribution in [0.15, 0.2) is 54.2 Å². The Balaban J connectivity index is 1.27. The SMILES string of the molecule is COc1nc(-c2cccc(-c3cccc(NC(=O)C4=CN(C)C(O)N(C)C4=O)c3F)c2Cl)cc2c1[C@@H](NC[C@@H]1CCC(=O)N1)CO2. The lowest BCUT2D eigenvalue weighted by atomic mass is 9.99. The third kappa shape index (κ3) is 5.72. The van der Waals surface area contributed by atoms with E-state index in [-0.39, 0.29) is 39.8 Å². The Morgan fingerprint density at radius 3 is 2.67 bits per heavy atom. The number of fused-ring (bicyclic) bond motifs is 1. The number of ether oxygens (including phenoxy) is 2. The number of rotatable bonds is 8. The summed E-state index contributed by atoms with van der Waals surface area (Å²) in [6, 6.07) is 11.2. The van der Waals surface area contributed by atoms with Gasteiger partial charge in [-0.1, -0.05) is 41.9 Å². The molecule has 0 spiro atoms. The maximum atomic E-state index is 15.9. The molecular formula is C32H32ClFN6O6. The zero-order chi connectivity index (χ0) is 32.7. The number of anilines is 1. The Labute approximate surface area is 269 Å². The topological polar surface area (TPSA) is 145 Å². The summed E-state index contributed by atoms with van der Waals surface area (Å²) in [4.78, 5) is 44.2. The second-order valence-corrected chi connectivity index (χ2v) is 11.6. The van der Waals surface area contributed by atoms with E-state index in [0.717, 1.165) is 16.9 Å². The van der Waals surface area contributed by atoms with Crippen molar-refractivity contribution in [2.24, 2.45) is 0 Å². The van der Waals surface area contributed by atoms with Gasteiger partial charge in [0.25, 0.3) is 11.8 Å². The Bertz CT molecular complexity index is 1770. The number of aliphatic hydroxyl groups excluding tert-OH is 1. The molecular weight excluding hydrogens is 619 g/mol. The van der Waals surface area contributed by atoms with Crippen LogP contribution in [0.25, 0.3) is 22.4 Å². The fourth-order valence-electron chi connectivity index (χ4n) is 5.79. The van der Waals surface area contributed by atoms with Crippen LogP contribution in [0.4, 0.5) is 10.1 Å². The number of aromatic nitrogens is 1. The quantitative estimate of drug-likeness (QED) is 0.270. The van der Waals surface area contributed by atoms with Crippen LogP contribution < -0.4 is 25.4 Å². The van der Waals surface area contributed by atoms with Gasteiger partial charge in [0.1, 0.15) is 17.9 Å². The van der Waals surface area contributed by atoms with E-state index in [1.54, 1.807) is 30.3 Å². The van der Waals surface area contributed by atoms with E-state index in [1.165, 1.54) is 44.4 Å². The van der Waals surface area contributed by atoms with Crippen molar-refractivity contribution < 1.29 is 33.4 Å². The molecule has 1 aromatic heterocycles. The van der Waals surface area contributed by atoms with Crippen LogP contribution in [0.3, 0.4) is 0 Å². The van der Waals surface area contributed by atoms with Gasteiger partial charge in [-0.15, -0.1) is 0 Å². The largest absolute Gasteiger partial charge is 0.491 e. The van der Waals surface area contributed by atoms with E-state index in [9.17, 15) is 19.5 Å². The Morgan fingerprint density at radius 1 is 1.20 bits per heavy atom. The Hall–Kier alpha value is -4.72. The molecule has 1 unspecified atom stereocenters. The summed E-state index contributed by atoms with van der Waals surface area (Å²) >= 11 is 6.89. The first-order valence-corrected chi connectivity index (χ1v) is 15.0. The lowest BCUT2D eigenvalue weighted by Gasteiger charge is -2.35. The number of carbonyl (C=O) groups excluding carboxylic acids is 3. The van der Waals surface area contributed by atoms with Gasteiger partial charge in [-0.05, 0) is 12.5 Å². The lowest BCUT2D eigenvalue weighted by Crippen LogP contribution is -2.51. The highest BCUT2D eigenvalue weighted by Gasteiger charge is 2.34. The number of benzene rings is 2. The molecule has 1 fully saturated rings. The van der Waals surface area contributed by atoms with Gasteiger partial charge in [0.2, 0.25) is 18.1 Å². The van der Waals surface area contributed by atoms with Crippen LogP contribution in [0.5, 0.6) is 11.6 Å². The number of likely N-dealkylation sites (N-methyl/N-ethyl adjacent to an activating group) is 1. The average Bonchev–Trinajstić information content (AvgIpc) is 3.66. The van der Waals surface area contributed by atoms with Gasteiger partial charge >= 0.3 is 0 Å². The maximum Gasteiger partial charge on any atom is 0.264 e. The van der Waals surface area contributed by atoms with E-state index < -0.39 is 24.0 Å². The summed E-state index contributed by atoms with van der Waals surface area (Å²) in [6.45, 7) is 0.929. The van der Waals surface area contributed by atoms with Crippen molar-refractivity contribution in [3.05, 3.63) is 70.6 Å². The number of pyridine rings is 1. The van der Waals surface area contributed by atoms with E-state index in [1.807, 2.05) is 0 Å². The summed E-state index contributed by atoms with van der Waals surface area (Å²) in [7, 11) is 4.37. The minimum atomic E-state index is -1.23. The van der Waals surface area contributed by atoms with Crippen molar-refractivity contribution in [3.8, 4) is 34.0 Å². The third-order valence-corrected chi connectivity index (χ3v) is 8.69. The van der Waals surface area contributed by atoms with E-state index >= 15 is 4.39 Å². The van der Waals surface area contributed by atoms with Gasteiger partial charge in [0.15, 0.2) is 5.82 Å². The molecule has 4 N–H and O–H groups in total. The van der Waals surface area contributed by atoms with Crippen molar-refractivity contribution in [3.63, 3.8) is 0 Å². The second-order valence-electron chi connectivity index (χ2n) is 11.3. The molecule has 6 rings (SSSR count). The first kappa shape index (κ1) is 31.3. The van der Waals surface area contributed by atoms with Crippen molar-refractivity contribution >= 4 is 35.0 Å². The molecule has 3 aromatic rings. The number of halogens is 2. The number of aliphatic hydroxyl groups is 1. The first-order valence-electron chi connectivity index (χ1n) is 14.6. The Morgan fingerprint density at radius 2 is 1.93 bits per heavy atom. The predicted molar refractivity (Wildman–Crippen MR) is 167 cm³/mol. The average molecular weight is 651 g/mol. The highest BCUT2D eigenvalue weighted by molar-refractivity contribution is 6.36. The van der Waals surface area contributed by atoms with Crippen molar-refractivity contribution in [2.45, 2.75) is 31.3 Å². The molecule has 1 saturated heterocycles. The molecule has 3 aliphatic heterocycles. The number of nitrogens with one attached hydrogen (secondary N) is 3. The molecule has 2 aromatic carbocycles. The zero-order valence-corrected chi connectivity index (χ0v) is 26.0. The normalized spacial score (nSPS) is 20.7. The predicted octanol–water partition coefficient (Wildman–Crippen LogP) is 3.02.